The fourth-order valence-corrected chi connectivity index (χ4v) is 4.78. The summed E-state index contributed by atoms with van der Waals surface area (Å²) >= 11 is 6.17. The molecule has 0 aliphatic carbocycles. The summed E-state index contributed by atoms with van der Waals surface area (Å²) in [4.78, 5) is 5.04. The van der Waals surface area contributed by atoms with E-state index in [0.717, 1.165) is 50.7 Å². The van der Waals surface area contributed by atoms with Crippen molar-refractivity contribution in [1.29, 1.82) is 0 Å². The van der Waals surface area contributed by atoms with Gasteiger partial charge in [0.2, 0.25) is 11.4 Å². The van der Waals surface area contributed by atoms with Crippen molar-refractivity contribution in [1.82, 2.24) is 0 Å². The predicted molar refractivity (Wildman–Crippen MR) is 166 cm³/mol. The monoisotopic (exact) mass is 536 g/mol. The van der Waals surface area contributed by atoms with Crippen LogP contribution in [0, 0.1) is 0 Å². The van der Waals surface area contributed by atoms with E-state index < -0.39 is 0 Å². The van der Waals surface area contributed by atoms with Crippen LogP contribution in [0.2, 0.25) is 5.02 Å². The summed E-state index contributed by atoms with van der Waals surface area (Å²) in [5.41, 5.74) is 12.0. The minimum absolute atomic E-state index is 0.678. The second kappa shape index (κ2) is 11.8. The van der Waals surface area contributed by atoms with Gasteiger partial charge in [0.25, 0.3) is 0 Å². The molecular formula is C36H27ClN3+. The minimum Gasteiger partial charge on any atom is -0.226 e. The standard InChI is InChI=1S/C36H27ClN3/c37-32-21-23-33(24-22-32)38-36(30-19-11-4-12-20-30)39-40-34(28-15-7-2-8-16-28)25-31(27-13-5-1-6-14-27)26-35(40)29-17-9-3-10-18-29/h1-26H,(H,38,39)/q+1. The van der Waals surface area contributed by atoms with Gasteiger partial charge in [0.1, 0.15) is 0 Å². The SMILES string of the molecule is Clc1ccc(N=C(N[n+]2c(-c3ccccc3)cc(-c3ccccc3)cc2-c2ccccc2)c2ccccc2)cc1. The third-order valence-electron chi connectivity index (χ3n) is 6.64. The molecule has 0 unspecified atom stereocenters. The molecule has 0 aliphatic heterocycles. The summed E-state index contributed by atoms with van der Waals surface area (Å²) in [6, 6.07) is 53.6. The average molecular weight is 537 g/mol. The van der Waals surface area contributed by atoms with E-state index in [1.165, 1.54) is 0 Å². The molecule has 1 heterocycles. The normalized spacial score (nSPS) is 11.3. The van der Waals surface area contributed by atoms with E-state index in [-0.39, 0.29) is 0 Å². The first-order valence-corrected chi connectivity index (χ1v) is 13.6. The molecule has 6 aromatic rings. The zero-order chi connectivity index (χ0) is 27.1. The molecule has 40 heavy (non-hydrogen) atoms. The number of nitrogens with zero attached hydrogens (tertiary/aromatic N) is 2. The van der Waals surface area contributed by atoms with Crippen LogP contribution < -0.4 is 10.1 Å². The third-order valence-corrected chi connectivity index (χ3v) is 6.90. The molecule has 0 radical (unpaired) electrons. The van der Waals surface area contributed by atoms with Crippen LogP contribution in [0.1, 0.15) is 5.56 Å². The van der Waals surface area contributed by atoms with Crippen LogP contribution in [0.25, 0.3) is 33.6 Å². The number of hydrogen-bond acceptors (Lipinski definition) is 1. The molecule has 192 valence electrons. The van der Waals surface area contributed by atoms with Crippen molar-refractivity contribution in [3.8, 4) is 33.6 Å². The highest BCUT2D eigenvalue weighted by molar-refractivity contribution is 6.30. The Balaban J connectivity index is 1.61. The van der Waals surface area contributed by atoms with E-state index in [1.54, 1.807) is 0 Å². The maximum absolute atomic E-state index is 6.17. The lowest BCUT2D eigenvalue weighted by Crippen LogP contribution is -2.52. The predicted octanol–water partition coefficient (Wildman–Crippen LogP) is 8.95. The molecule has 0 saturated carbocycles. The number of nitrogens with one attached hydrogen (secondary N) is 1. The fourth-order valence-electron chi connectivity index (χ4n) is 4.66. The maximum Gasteiger partial charge on any atom is 0.244 e. The molecule has 0 amide bonds. The molecule has 4 heteroatoms. The highest BCUT2D eigenvalue weighted by Gasteiger charge is 2.25. The van der Waals surface area contributed by atoms with Crippen molar-refractivity contribution in [2.75, 3.05) is 5.43 Å². The summed E-state index contributed by atoms with van der Waals surface area (Å²) in [5, 5.41) is 0.678. The lowest BCUT2D eigenvalue weighted by Gasteiger charge is -2.14. The van der Waals surface area contributed by atoms with Gasteiger partial charge in [-0.3, -0.25) is 0 Å². The maximum atomic E-state index is 6.17. The van der Waals surface area contributed by atoms with E-state index >= 15 is 0 Å². The molecule has 3 nitrogen and oxygen atoms in total. The van der Waals surface area contributed by atoms with Crippen LogP contribution in [-0.4, -0.2) is 5.84 Å². The van der Waals surface area contributed by atoms with E-state index in [9.17, 15) is 0 Å². The van der Waals surface area contributed by atoms with E-state index in [0.29, 0.717) is 5.02 Å². The summed E-state index contributed by atoms with van der Waals surface area (Å²) < 4.78 is 2.14. The van der Waals surface area contributed by atoms with Crippen LogP contribution in [0.5, 0.6) is 0 Å². The number of aromatic nitrogens is 1. The third kappa shape index (κ3) is 5.70. The molecule has 0 saturated heterocycles. The van der Waals surface area contributed by atoms with Gasteiger partial charge >= 0.3 is 0 Å². The smallest absolute Gasteiger partial charge is 0.226 e. The molecule has 0 bridgehead atoms. The molecule has 1 aromatic heterocycles. The molecule has 0 fully saturated rings. The van der Waals surface area contributed by atoms with Crippen molar-refractivity contribution in [2.45, 2.75) is 0 Å². The zero-order valence-corrected chi connectivity index (χ0v) is 22.5. The van der Waals surface area contributed by atoms with Gasteiger partial charge in [-0.1, -0.05) is 113 Å². The second-order valence-electron chi connectivity index (χ2n) is 9.36. The Kier molecular flexibility index (Phi) is 7.47. The molecule has 0 aliphatic rings. The fraction of sp³-hybridized carbons (Fsp3) is 0. The van der Waals surface area contributed by atoms with Crippen molar-refractivity contribution in [3.05, 3.63) is 168 Å². The average Bonchev–Trinajstić information content (AvgIpc) is 3.03. The second-order valence-corrected chi connectivity index (χ2v) is 9.80. The van der Waals surface area contributed by atoms with Gasteiger partial charge in [0.15, 0.2) is 5.84 Å². The number of benzene rings is 5. The topological polar surface area (TPSA) is 28.3 Å². The molecule has 5 aromatic carbocycles. The van der Waals surface area contributed by atoms with Crippen molar-refractivity contribution >= 4 is 23.1 Å². The summed E-state index contributed by atoms with van der Waals surface area (Å²) in [6.07, 6.45) is 0. The van der Waals surface area contributed by atoms with Crippen LogP contribution >= 0.6 is 11.6 Å². The van der Waals surface area contributed by atoms with E-state index in [2.05, 4.69) is 107 Å². The number of rotatable bonds is 6. The van der Waals surface area contributed by atoms with Crippen molar-refractivity contribution in [3.63, 3.8) is 0 Å². The van der Waals surface area contributed by atoms with Crippen molar-refractivity contribution < 1.29 is 4.68 Å². The number of pyridine rings is 1. The van der Waals surface area contributed by atoms with Crippen LogP contribution in [0.15, 0.2) is 163 Å². The van der Waals surface area contributed by atoms with Crippen molar-refractivity contribution in [2.24, 2.45) is 4.99 Å². The molecule has 0 spiro atoms. The summed E-state index contributed by atoms with van der Waals surface area (Å²) in [5.74, 6) is 0.717. The van der Waals surface area contributed by atoms with Gasteiger partial charge in [-0.05, 0) is 59.7 Å². The van der Waals surface area contributed by atoms with Crippen LogP contribution in [0.3, 0.4) is 0 Å². The highest BCUT2D eigenvalue weighted by Crippen LogP contribution is 2.29. The quantitative estimate of drug-likeness (QED) is 0.128. The highest BCUT2D eigenvalue weighted by atomic mass is 35.5. The largest absolute Gasteiger partial charge is 0.244 e. The van der Waals surface area contributed by atoms with Gasteiger partial charge in [-0.2, -0.15) is 0 Å². The Bertz CT molecular complexity index is 1670. The lowest BCUT2D eigenvalue weighted by atomic mass is 9.99. The Morgan fingerprint density at radius 1 is 0.500 bits per heavy atom. The van der Waals surface area contributed by atoms with Crippen LogP contribution in [-0.2, 0) is 0 Å². The number of aliphatic imine (C=N–C) groups is 1. The zero-order valence-electron chi connectivity index (χ0n) is 21.8. The minimum atomic E-state index is 0.678. The van der Waals surface area contributed by atoms with Gasteiger partial charge in [0, 0.05) is 33.8 Å². The Labute approximate surface area is 239 Å². The van der Waals surface area contributed by atoms with Gasteiger partial charge < -0.3 is 0 Å². The molecule has 0 atom stereocenters. The number of hydrogen-bond donors (Lipinski definition) is 1. The van der Waals surface area contributed by atoms with Gasteiger partial charge in [-0.25, -0.2) is 4.99 Å². The lowest BCUT2D eigenvalue weighted by molar-refractivity contribution is -0.617. The van der Waals surface area contributed by atoms with Gasteiger partial charge in [-0.15, -0.1) is 5.43 Å². The Hall–Kier alpha value is -4.99. The summed E-state index contributed by atoms with van der Waals surface area (Å²) in [6.45, 7) is 0. The van der Waals surface area contributed by atoms with E-state index in [1.807, 2.05) is 60.7 Å². The number of amidine groups is 1. The Morgan fingerprint density at radius 3 is 1.45 bits per heavy atom. The Morgan fingerprint density at radius 2 is 0.950 bits per heavy atom. The molecule has 6 rings (SSSR count). The molecular weight excluding hydrogens is 510 g/mol. The first-order valence-electron chi connectivity index (χ1n) is 13.2. The van der Waals surface area contributed by atoms with Gasteiger partial charge in [0.05, 0.1) is 5.69 Å². The number of halogens is 1. The first kappa shape index (κ1) is 25.3. The van der Waals surface area contributed by atoms with Crippen LogP contribution in [0.4, 0.5) is 5.69 Å². The van der Waals surface area contributed by atoms with E-state index in [4.69, 9.17) is 16.6 Å². The summed E-state index contributed by atoms with van der Waals surface area (Å²) in [7, 11) is 0. The first-order chi connectivity index (χ1) is 19.7. The molecule has 1 N–H and O–H groups in total.